The van der Waals surface area contributed by atoms with E-state index in [1.165, 1.54) is 13.2 Å². The van der Waals surface area contributed by atoms with Gasteiger partial charge in [0.05, 0.1) is 18.8 Å². The summed E-state index contributed by atoms with van der Waals surface area (Å²) in [5, 5.41) is 22.2. The zero-order valence-corrected chi connectivity index (χ0v) is 13.7. The van der Waals surface area contributed by atoms with E-state index in [4.69, 9.17) is 9.47 Å². The lowest BCUT2D eigenvalue weighted by Crippen LogP contribution is -2.47. The summed E-state index contributed by atoms with van der Waals surface area (Å²) in [4.78, 5) is 11.4. The first-order chi connectivity index (χ1) is 10.1. The summed E-state index contributed by atoms with van der Waals surface area (Å²) in [7, 11) is 1.51. The topological polar surface area (TPSA) is 88.0 Å². The fraction of sp³-hybridized carbons (Fsp3) is 0.562. The molecule has 0 fully saturated rings. The van der Waals surface area contributed by atoms with Crippen LogP contribution < -0.4 is 10.1 Å². The van der Waals surface area contributed by atoms with Crippen LogP contribution in [0.4, 0.5) is 0 Å². The molecule has 0 aliphatic carbocycles. The summed E-state index contributed by atoms with van der Waals surface area (Å²) in [6.07, 6.45) is -0.516. The molecule has 0 heterocycles. The van der Waals surface area contributed by atoms with Gasteiger partial charge in [-0.3, -0.25) is 10.1 Å². The number of carbonyl (C=O) groups is 1. The first-order valence-corrected chi connectivity index (χ1v) is 7.14. The Kier molecular flexibility index (Phi) is 6.20. The van der Waals surface area contributed by atoms with Crippen LogP contribution in [0.15, 0.2) is 18.2 Å². The fourth-order valence-corrected chi connectivity index (χ4v) is 2.12. The van der Waals surface area contributed by atoms with Crippen molar-refractivity contribution in [2.45, 2.75) is 52.0 Å². The SMILES string of the molecule is COc1ccc(CN[C@H](C(=O)O)[C@@H](C)OC(C)(C)C)c(O)c1. The molecule has 0 spiro atoms. The Morgan fingerprint density at radius 3 is 2.45 bits per heavy atom. The predicted molar refractivity (Wildman–Crippen MR) is 83.2 cm³/mol. The van der Waals surface area contributed by atoms with Crippen LogP contribution >= 0.6 is 0 Å². The molecule has 1 rings (SSSR count). The maximum Gasteiger partial charge on any atom is 0.323 e. The number of ether oxygens (including phenoxy) is 2. The number of carboxylic acids is 1. The minimum Gasteiger partial charge on any atom is -0.507 e. The number of phenols is 1. The summed E-state index contributed by atoms with van der Waals surface area (Å²) in [5.41, 5.74) is 0.159. The molecule has 22 heavy (non-hydrogen) atoms. The number of aromatic hydroxyl groups is 1. The average Bonchev–Trinajstić information content (AvgIpc) is 2.38. The van der Waals surface area contributed by atoms with Gasteiger partial charge in [-0.15, -0.1) is 0 Å². The molecule has 0 radical (unpaired) electrons. The number of phenolic OH excluding ortho intramolecular Hbond substituents is 1. The zero-order chi connectivity index (χ0) is 16.9. The highest BCUT2D eigenvalue weighted by Crippen LogP contribution is 2.23. The molecule has 0 amide bonds. The van der Waals surface area contributed by atoms with Gasteiger partial charge in [-0.2, -0.15) is 0 Å². The van der Waals surface area contributed by atoms with Gasteiger partial charge in [0, 0.05) is 18.2 Å². The Bertz CT molecular complexity index is 510. The van der Waals surface area contributed by atoms with Crippen LogP contribution in [-0.2, 0) is 16.1 Å². The number of hydrogen-bond acceptors (Lipinski definition) is 5. The van der Waals surface area contributed by atoms with E-state index in [9.17, 15) is 15.0 Å². The summed E-state index contributed by atoms with van der Waals surface area (Å²) in [6, 6.07) is 4.01. The van der Waals surface area contributed by atoms with Crippen molar-refractivity contribution in [2.75, 3.05) is 7.11 Å². The Hall–Kier alpha value is -1.79. The van der Waals surface area contributed by atoms with Gasteiger partial charge in [0.2, 0.25) is 0 Å². The number of carboxylic acid groups (broad SMARTS) is 1. The number of aliphatic carboxylic acids is 1. The van der Waals surface area contributed by atoms with Crippen LogP contribution in [0.5, 0.6) is 11.5 Å². The van der Waals surface area contributed by atoms with Crippen LogP contribution in [-0.4, -0.2) is 41.0 Å². The normalized spacial score (nSPS) is 14.4. The van der Waals surface area contributed by atoms with E-state index in [1.807, 2.05) is 20.8 Å². The molecule has 1 aromatic carbocycles. The van der Waals surface area contributed by atoms with E-state index in [0.717, 1.165) is 0 Å². The standard InChI is InChI=1S/C16H25NO5/c1-10(22-16(2,3)4)14(15(19)20)17-9-11-6-7-12(21-5)8-13(11)18/h6-8,10,14,17-18H,9H2,1-5H3,(H,19,20)/t10-,14+/m1/s1. The van der Waals surface area contributed by atoms with Crippen molar-refractivity contribution in [1.29, 1.82) is 0 Å². The first kappa shape index (κ1) is 18.3. The average molecular weight is 311 g/mol. The lowest BCUT2D eigenvalue weighted by Gasteiger charge is -2.29. The Morgan fingerprint density at radius 1 is 1.36 bits per heavy atom. The molecule has 0 bridgehead atoms. The summed E-state index contributed by atoms with van der Waals surface area (Å²) in [5.74, 6) is -0.398. The van der Waals surface area contributed by atoms with E-state index in [-0.39, 0.29) is 12.3 Å². The van der Waals surface area contributed by atoms with Crippen molar-refractivity contribution < 1.29 is 24.5 Å². The van der Waals surface area contributed by atoms with Gasteiger partial charge in [0.15, 0.2) is 0 Å². The number of hydrogen-bond donors (Lipinski definition) is 3. The summed E-state index contributed by atoms with van der Waals surface area (Å²) >= 11 is 0. The van der Waals surface area contributed by atoms with Crippen molar-refractivity contribution in [2.24, 2.45) is 0 Å². The molecule has 0 saturated carbocycles. The highest BCUT2D eigenvalue weighted by molar-refractivity contribution is 5.74. The van der Waals surface area contributed by atoms with Crippen molar-refractivity contribution >= 4 is 5.97 Å². The van der Waals surface area contributed by atoms with Crippen molar-refractivity contribution in [3.63, 3.8) is 0 Å². The molecule has 0 saturated heterocycles. The Balaban J connectivity index is 2.74. The van der Waals surface area contributed by atoms with Gasteiger partial charge >= 0.3 is 5.97 Å². The van der Waals surface area contributed by atoms with E-state index < -0.39 is 23.7 Å². The molecule has 0 aliphatic rings. The minimum absolute atomic E-state index is 0.0559. The Morgan fingerprint density at radius 2 is 2.00 bits per heavy atom. The van der Waals surface area contributed by atoms with Gasteiger partial charge < -0.3 is 19.7 Å². The van der Waals surface area contributed by atoms with Crippen molar-refractivity contribution in [1.82, 2.24) is 5.32 Å². The van der Waals surface area contributed by atoms with Gasteiger partial charge in [-0.05, 0) is 33.8 Å². The van der Waals surface area contributed by atoms with Crippen LogP contribution in [0.1, 0.15) is 33.3 Å². The third kappa shape index (κ3) is 5.54. The van der Waals surface area contributed by atoms with Gasteiger partial charge in [-0.25, -0.2) is 0 Å². The summed E-state index contributed by atoms with van der Waals surface area (Å²) in [6.45, 7) is 7.54. The molecule has 1 aromatic rings. The summed E-state index contributed by atoms with van der Waals surface area (Å²) < 4.78 is 10.7. The van der Waals surface area contributed by atoms with Crippen LogP contribution in [0.3, 0.4) is 0 Å². The maximum atomic E-state index is 11.4. The van der Waals surface area contributed by atoms with Gasteiger partial charge in [0.25, 0.3) is 0 Å². The van der Waals surface area contributed by atoms with Crippen molar-refractivity contribution in [3.05, 3.63) is 23.8 Å². The molecule has 0 unspecified atom stereocenters. The van der Waals surface area contributed by atoms with Gasteiger partial charge in [-0.1, -0.05) is 6.07 Å². The van der Waals surface area contributed by atoms with Crippen LogP contribution in [0.2, 0.25) is 0 Å². The Labute approximate surface area is 131 Å². The van der Waals surface area contributed by atoms with Gasteiger partial charge in [0.1, 0.15) is 17.5 Å². The third-order valence-corrected chi connectivity index (χ3v) is 3.08. The smallest absolute Gasteiger partial charge is 0.323 e. The largest absolute Gasteiger partial charge is 0.507 e. The molecular weight excluding hydrogens is 286 g/mol. The van der Waals surface area contributed by atoms with E-state index in [0.29, 0.717) is 11.3 Å². The third-order valence-electron chi connectivity index (χ3n) is 3.08. The van der Waals surface area contributed by atoms with E-state index in [1.54, 1.807) is 19.1 Å². The second-order valence-corrected chi connectivity index (χ2v) is 6.13. The number of rotatable bonds is 7. The molecule has 0 aliphatic heterocycles. The van der Waals surface area contributed by atoms with E-state index >= 15 is 0 Å². The zero-order valence-electron chi connectivity index (χ0n) is 13.7. The van der Waals surface area contributed by atoms with Crippen LogP contribution in [0.25, 0.3) is 0 Å². The molecule has 2 atom stereocenters. The molecular formula is C16H25NO5. The van der Waals surface area contributed by atoms with Crippen LogP contribution in [0, 0.1) is 0 Å². The minimum atomic E-state index is -0.996. The second-order valence-electron chi connectivity index (χ2n) is 6.13. The molecule has 0 aromatic heterocycles. The number of benzene rings is 1. The lowest BCUT2D eigenvalue weighted by molar-refractivity contribution is -0.147. The fourth-order valence-electron chi connectivity index (χ4n) is 2.12. The predicted octanol–water partition coefficient (Wildman–Crippen LogP) is 2.15. The molecule has 124 valence electrons. The van der Waals surface area contributed by atoms with E-state index in [2.05, 4.69) is 5.32 Å². The second kappa shape index (κ2) is 7.47. The number of nitrogens with one attached hydrogen (secondary N) is 1. The monoisotopic (exact) mass is 311 g/mol. The molecule has 6 nitrogen and oxygen atoms in total. The lowest BCUT2D eigenvalue weighted by atomic mass is 10.1. The quantitative estimate of drug-likeness (QED) is 0.715. The maximum absolute atomic E-state index is 11.4. The van der Waals surface area contributed by atoms with Crippen molar-refractivity contribution in [3.8, 4) is 11.5 Å². The molecule has 3 N–H and O–H groups in total. The first-order valence-electron chi connectivity index (χ1n) is 7.14. The molecule has 6 heteroatoms. The highest BCUT2D eigenvalue weighted by atomic mass is 16.5. The number of methoxy groups -OCH3 is 1. The highest BCUT2D eigenvalue weighted by Gasteiger charge is 2.28.